The van der Waals surface area contributed by atoms with E-state index in [2.05, 4.69) is 10.6 Å². The molecule has 0 radical (unpaired) electrons. The molecule has 2 aromatic rings. The van der Waals surface area contributed by atoms with Gasteiger partial charge in [0.05, 0.1) is 10.7 Å². The number of hydrogen-bond donors (Lipinski definition) is 3. The Morgan fingerprint density at radius 2 is 1.80 bits per heavy atom. The zero-order valence-electron chi connectivity index (χ0n) is 20.6. The molecule has 0 spiro atoms. The number of nitrogens with one attached hydrogen (secondary N) is 2. The Kier molecular flexibility index (Phi) is 7.95. The number of anilines is 1. The normalized spacial score (nSPS) is 15.0. The first-order valence-electron chi connectivity index (χ1n) is 11.5. The molecule has 2 unspecified atom stereocenters. The molecule has 8 nitrogen and oxygen atoms in total. The van der Waals surface area contributed by atoms with E-state index in [1.54, 1.807) is 52.0 Å². The molecule has 1 aliphatic rings. The topological polar surface area (TPSA) is 108 Å². The second-order valence-corrected chi connectivity index (χ2v) is 10.2. The Morgan fingerprint density at radius 3 is 2.37 bits per heavy atom. The molecule has 35 heavy (non-hydrogen) atoms. The Labute approximate surface area is 210 Å². The molecule has 0 bridgehead atoms. The highest BCUT2D eigenvalue weighted by atomic mass is 35.5. The number of nitrogens with zero attached hydrogens (tertiary/aromatic N) is 1. The van der Waals surface area contributed by atoms with E-state index in [1.165, 1.54) is 17.0 Å². The van der Waals surface area contributed by atoms with E-state index in [9.17, 15) is 19.5 Å². The van der Waals surface area contributed by atoms with Crippen LogP contribution in [0.3, 0.4) is 0 Å². The van der Waals surface area contributed by atoms with Gasteiger partial charge in [-0.05, 0) is 76.8 Å². The van der Waals surface area contributed by atoms with Crippen LogP contribution < -0.4 is 10.6 Å². The van der Waals surface area contributed by atoms with Crippen LogP contribution in [-0.2, 0) is 14.3 Å². The molecular formula is C26H32ClN3O5. The summed E-state index contributed by atoms with van der Waals surface area (Å²) in [5.41, 5.74) is 0.939. The van der Waals surface area contributed by atoms with E-state index >= 15 is 0 Å². The third-order valence-corrected chi connectivity index (χ3v) is 5.80. The van der Waals surface area contributed by atoms with Gasteiger partial charge in [-0.25, -0.2) is 4.79 Å². The van der Waals surface area contributed by atoms with Crippen molar-refractivity contribution in [3.05, 3.63) is 58.6 Å². The SMILES string of the molecule is Cc1cccc(Cl)c1NC(=O)C(c1cccc(O)c1)N(C(=O)C(C)NC(=O)OC(C)(C)C)C1CC1. The molecule has 3 amide bonds. The lowest BCUT2D eigenvalue weighted by Crippen LogP contribution is -2.52. The van der Waals surface area contributed by atoms with Gasteiger partial charge in [0.25, 0.3) is 5.91 Å². The number of hydrogen-bond acceptors (Lipinski definition) is 5. The van der Waals surface area contributed by atoms with Crippen LogP contribution in [0.15, 0.2) is 42.5 Å². The molecule has 0 aromatic heterocycles. The Morgan fingerprint density at radius 1 is 1.14 bits per heavy atom. The van der Waals surface area contributed by atoms with Gasteiger partial charge in [-0.1, -0.05) is 35.9 Å². The van der Waals surface area contributed by atoms with Gasteiger partial charge in [-0.2, -0.15) is 0 Å². The summed E-state index contributed by atoms with van der Waals surface area (Å²) in [6.45, 7) is 8.57. The third-order valence-electron chi connectivity index (χ3n) is 5.48. The maximum Gasteiger partial charge on any atom is 0.408 e. The van der Waals surface area contributed by atoms with Gasteiger partial charge < -0.3 is 25.4 Å². The molecule has 3 N–H and O–H groups in total. The van der Waals surface area contributed by atoms with Crippen LogP contribution in [0.4, 0.5) is 10.5 Å². The zero-order valence-corrected chi connectivity index (χ0v) is 21.3. The highest BCUT2D eigenvalue weighted by Gasteiger charge is 2.43. The maximum atomic E-state index is 13.7. The van der Waals surface area contributed by atoms with Crippen LogP contribution in [0, 0.1) is 6.92 Å². The number of halogens is 1. The molecule has 2 atom stereocenters. The minimum absolute atomic E-state index is 0.0302. The standard InChI is InChI=1S/C26H32ClN3O5/c1-15-8-6-11-20(27)21(15)29-23(32)22(17-9-7-10-19(31)14-17)30(18-12-13-18)24(33)16(2)28-25(34)35-26(3,4)5/h6-11,14,16,18,22,31H,12-13H2,1-5H3,(H,28,34)(H,29,32). The molecule has 9 heteroatoms. The van der Waals surface area contributed by atoms with Gasteiger partial charge in [0, 0.05) is 6.04 Å². The minimum atomic E-state index is -1.05. The summed E-state index contributed by atoms with van der Waals surface area (Å²) in [4.78, 5) is 41.1. The Balaban J connectivity index is 1.94. The highest BCUT2D eigenvalue weighted by Crippen LogP contribution is 2.37. The van der Waals surface area contributed by atoms with E-state index in [1.807, 2.05) is 13.0 Å². The number of ether oxygens (including phenoxy) is 1. The van der Waals surface area contributed by atoms with Crippen molar-refractivity contribution in [1.82, 2.24) is 10.2 Å². The van der Waals surface area contributed by atoms with Gasteiger partial charge in [0.2, 0.25) is 5.91 Å². The highest BCUT2D eigenvalue weighted by molar-refractivity contribution is 6.34. The minimum Gasteiger partial charge on any atom is -0.508 e. The number of rotatable bonds is 7. The van der Waals surface area contributed by atoms with Crippen molar-refractivity contribution in [2.75, 3.05) is 5.32 Å². The van der Waals surface area contributed by atoms with Crippen LogP contribution in [-0.4, -0.2) is 45.6 Å². The average Bonchev–Trinajstić information content (AvgIpc) is 3.57. The summed E-state index contributed by atoms with van der Waals surface area (Å²) in [6, 6.07) is 9.33. The smallest absolute Gasteiger partial charge is 0.408 e. The molecule has 2 aromatic carbocycles. The third kappa shape index (κ3) is 6.88. The Hall–Kier alpha value is -3.26. The fourth-order valence-corrected chi connectivity index (χ4v) is 4.02. The zero-order chi connectivity index (χ0) is 25.9. The molecule has 188 valence electrons. The number of aromatic hydroxyl groups is 1. The molecule has 0 heterocycles. The predicted octanol–water partition coefficient (Wildman–Crippen LogP) is 4.94. The largest absolute Gasteiger partial charge is 0.508 e. The van der Waals surface area contributed by atoms with Crippen LogP contribution in [0.1, 0.15) is 57.7 Å². The molecule has 3 rings (SSSR count). The summed E-state index contributed by atoms with van der Waals surface area (Å²) >= 11 is 6.33. The van der Waals surface area contributed by atoms with Crippen molar-refractivity contribution in [2.24, 2.45) is 0 Å². The maximum absolute atomic E-state index is 13.7. The van der Waals surface area contributed by atoms with Crippen LogP contribution in [0.5, 0.6) is 5.75 Å². The van der Waals surface area contributed by atoms with Crippen molar-refractivity contribution in [2.45, 2.75) is 71.2 Å². The van der Waals surface area contributed by atoms with E-state index in [0.29, 0.717) is 16.3 Å². The predicted molar refractivity (Wildman–Crippen MR) is 134 cm³/mol. The first-order chi connectivity index (χ1) is 16.4. The molecular weight excluding hydrogens is 470 g/mol. The number of carbonyl (C=O) groups excluding carboxylic acids is 3. The first kappa shape index (κ1) is 26.3. The van der Waals surface area contributed by atoms with Crippen molar-refractivity contribution in [3.63, 3.8) is 0 Å². The lowest BCUT2D eigenvalue weighted by molar-refractivity contribution is -0.141. The van der Waals surface area contributed by atoms with Crippen LogP contribution in [0.25, 0.3) is 0 Å². The molecule has 0 saturated heterocycles. The quantitative estimate of drug-likeness (QED) is 0.498. The second-order valence-electron chi connectivity index (χ2n) is 9.76. The first-order valence-corrected chi connectivity index (χ1v) is 11.9. The summed E-state index contributed by atoms with van der Waals surface area (Å²) in [7, 11) is 0. The van der Waals surface area contributed by atoms with Gasteiger partial charge in [-0.3, -0.25) is 9.59 Å². The Bertz CT molecular complexity index is 1090. The molecule has 1 fully saturated rings. The van der Waals surface area contributed by atoms with Crippen molar-refractivity contribution >= 4 is 35.2 Å². The lowest BCUT2D eigenvalue weighted by Gasteiger charge is -2.34. The number of aryl methyl sites for hydroxylation is 1. The van der Waals surface area contributed by atoms with Crippen LogP contribution in [0.2, 0.25) is 5.02 Å². The average molecular weight is 502 g/mol. The number of alkyl carbamates (subject to hydrolysis) is 1. The van der Waals surface area contributed by atoms with E-state index in [0.717, 1.165) is 18.4 Å². The number of carbonyl (C=O) groups is 3. The number of amides is 3. The summed E-state index contributed by atoms with van der Waals surface area (Å²) in [5.74, 6) is -0.938. The number of benzene rings is 2. The van der Waals surface area contributed by atoms with Gasteiger partial charge in [0.1, 0.15) is 23.4 Å². The number of phenols is 1. The fourth-order valence-electron chi connectivity index (χ4n) is 3.76. The summed E-state index contributed by atoms with van der Waals surface area (Å²) in [6.07, 6.45) is 0.719. The molecule has 1 aliphatic carbocycles. The molecule has 1 saturated carbocycles. The van der Waals surface area contributed by atoms with Gasteiger partial charge in [0.15, 0.2) is 0 Å². The van der Waals surface area contributed by atoms with Crippen LogP contribution >= 0.6 is 11.6 Å². The molecule has 0 aliphatic heterocycles. The van der Waals surface area contributed by atoms with Crippen molar-refractivity contribution in [1.29, 1.82) is 0 Å². The number of para-hydroxylation sites is 1. The summed E-state index contributed by atoms with van der Waals surface area (Å²) in [5, 5.41) is 15.9. The van der Waals surface area contributed by atoms with E-state index in [-0.39, 0.29) is 11.8 Å². The van der Waals surface area contributed by atoms with Gasteiger partial charge >= 0.3 is 6.09 Å². The van der Waals surface area contributed by atoms with Crippen molar-refractivity contribution < 1.29 is 24.2 Å². The fraction of sp³-hybridized carbons (Fsp3) is 0.423. The monoisotopic (exact) mass is 501 g/mol. The second kappa shape index (κ2) is 10.6. The summed E-state index contributed by atoms with van der Waals surface area (Å²) < 4.78 is 5.28. The van der Waals surface area contributed by atoms with E-state index in [4.69, 9.17) is 16.3 Å². The van der Waals surface area contributed by atoms with Crippen molar-refractivity contribution in [3.8, 4) is 5.75 Å². The van der Waals surface area contributed by atoms with E-state index < -0.39 is 35.6 Å². The number of phenolic OH excluding ortho intramolecular Hbond substituents is 1. The lowest BCUT2D eigenvalue weighted by atomic mass is 10.0. The van der Waals surface area contributed by atoms with Gasteiger partial charge in [-0.15, -0.1) is 0 Å².